The second kappa shape index (κ2) is 11.7. The van der Waals surface area contributed by atoms with Gasteiger partial charge in [0.1, 0.15) is 23.9 Å². The molecule has 1 N–H and O–H groups in total. The molecule has 0 aliphatic heterocycles. The molecular weight excluding hydrogens is 441 g/mol. The lowest BCUT2D eigenvalue weighted by atomic mass is 10.1. The molecule has 0 bridgehead atoms. The van der Waals surface area contributed by atoms with Crippen LogP contribution in [0.5, 0.6) is 23.0 Å². The maximum atomic E-state index is 14.0. The number of anilines is 1. The number of ether oxygens (including phenoxy) is 3. The van der Waals surface area contributed by atoms with Gasteiger partial charge in [0.25, 0.3) is 0 Å². The molecule has 0 saturated carbocycles. The first-order valence-electron chi connectivity index (χ1n) is 11.4. The first kappa shape index (κ1) is 23.9. The van der Waals surface area contributed by atoms with Gasteiger partial charge in [-0.3, -0.25) is 0 Å². The van der Waals surface area contributed by atoms with Crippen LogP contribution in [0.1, 0.15) is 16.7 Å². The van der Waals surface area contributed by atoms with Crippen LogP contribution in [-0.2, 0) is 19.6 Å². The van der Waals surface area contributed by atoms with Crippen molar-refractivity contribution in [2.24, 2.45) is 0 Å². The minimum Gasteiger partial charge on any atom is -0.493 e. The number of nitrogens with one attached hydrogen (secondary N) is 1. The lowest BCUT2D eigenvalue weighted by molar-refractivity contribution is 0.277. The molecule has 4 nitrogen and oxygen atoms in total. The highest BCUT2D eigenvalue weighted by molar-refractivity contribution is 5.52. The van der Waals surface area contributed by atoms with Crippen LogP contribution in [0.4, 0.5) is 10.1 Å². The Hall–Kier alpha value is -4.25. The molecule has 0 spiro atoms. The SMILES string of the molecule is C=CCc1cc(CNc2ccc(Oc3ccccc3)cc2)cc(OC)c1OCc1ccccc1F. The van der Waals surface area contributed by atoms with Gasteiger partial charge in [-0.1, -0.05) is 42.5 Å². The highest BCUT2D eigenvalue weighted by atomic mass is 19.1. The summed E-state index contributed by atoms with van der Waals surface area (Å²) in [6.45, 7) is 4.57. The fraction of sp³-hybridized carbons (Fsp3) is 0.133. The Balaban J connectivity index is 1.45. The van der Waals surface area contributed by atoms with E-state index in [-0.39, 0.29) is 12.4 Å². The third kappa shape index (κ3) is 6.42. The number of rotatable bonds is 11. The number of hydrogen-bond donors (Lipinski definition) is 1. The summed E-state index contributed by atoms with van der Waals surface area (Å²) in [6, 6.07) is 28.1. The maximum Gasteiger partial charge on any atom is 0.165 e. The van der Waals surface area contributed by atoms with E-state index in [2.05, 4.69) is 18.0 Å². The zero-order valence-corrected chi connectivity index (χ0v) is 19.7. The van der Waals surface area contributed by atoms with Gasteiger partial charge in [0.2, 0.25) is 0 Å². The molecule has 0 radical (unpaired) electrons. The predicted molar refractivity (Wildman–Crippen MR) is 138 cm³/mol. The van der Waals surface area contributed by atoms with Crippen molar-refractivity contribution >= 4 is 5.69 Å². The quantitative estimate of drug-likeness (QED) is 0.230. The van der Waals surface area contributed by atoms with E-state index in [1.807, 2.05) is 66.7 Å². The topological polar surface area (TPSA) is 39.7 Å². The second-order valence-corrected chi connectivity index (χ2v) is 7.95. The van der Waals surface area contributed by atoms with Crippen molar-refractivity contribution in [3.63, 3.8) is 0 Å². The zero-order chi connectivity index (χ0) is 24.5. The van der Waals surface area contributed by atoms with Crippen LogP contribution in [0.15, 0.2) is 104 Å². The van der Waals surface area contributed by atoms with Crippen LogP contribution in [-0.4, -0.2) is 7.11 Å². The average Bonchev–Trinajstić information content (AvgIpc) is 2.89. The van der Waals surface area contributed by atoms with Gasteiger partial charge in [-0.15, -0.1) is 6.58 Å². The summed E-state index contributed by atoms with van der Waals surface area (Å²) in [7, 11) is 1.60. The van der Waals surface area contributed by atoms with Crippen LogP contribution in [0.25, 0.3) is 0 Å². The minimum absolute atomic E-state index is 0.113. The van der Waals surface area contributed by atoms with Gasteiger partial charge in [-0.05, 0) is 66.6 Å². The van der Waals surface area contributed by atoms with Gasteiger partial charge in [0.05, 0.1) is 7.11 Å². The Labute approximate surface area is 205 Å². The molecule has 0 heterocycles. The molecule has 0 saturated heterocycles. The van der Waals surface area contributed by atoms with Crippen molar-refractivity contribution in [1.82, 2.24) is 0 Å². The molecule has 5 heteroatoms. The summed E-state index contributed by atoms with van der Waals surface area (Å²) in [5.41, 5.74) is 3.42. The van der Waals surface area contributed by atoms with Crippen molar-refractivity contribution in [1.29, 1.82) is 0 Å². The van der Waals surface area contributed by atoms with Crippen LogP contribution in [0.3, 0.4) is 0 Å². The molecule has 0 amide bonds. The van der Waals surface area contributed by atoms with E-state index in [1.54, 1.807) is 25.3 Å². The summed E-state index contributed by atoms with van der Waals surface area (Å²) in [4.78, 5) is 0. The van der Waals surface area contributed by atoms with Crippen LogP contribution < -0.4 is 19.5 Å². The number of para-hydroxylation sites is 1. The molecule has 0 aliphatic carbocycles. The lowest BCUT2D eigenvalue weighted by Crippen LogP contribution is -2.05. The van der Waals surface area contributed by atoms with E-state index >= 15 is 0 Å². The Morgan fingerprint density at radius 3 is 2.29 bits per heavy atom. The predicted octanol–water partition coefficient (Wildman–Crippen LogP) is 7.55. The van der Waals surface area contributed by atoms with E-state index in [0.29, 0.717) is 30.0 Å². The molecule has 4 aromatic carbocycles. The molecule has 0 aromatic heterocycles. The van der Waals surface area contributed by atoms with Gasteiger partial charge in [0.15, 0.2) is 11.5 Å². The Kier molecular flexibility index (Phi) is 8.02. The van der Waals surface area contributed by atoms with Crippen molar-refractivity contribution in [2.45, 2.75) is 19.6 Å². The first-order valence-corrected chi connectivity index (χ1v) is 11.4. The molecule has 0 aliphatic rings. The van der Waals surface area contributed by atoms with Gasteiger partial charge in [-0.2, -0.15) is 0 Å². The van der Waals surface area contributed by atoms with Gasteiger partial charge >= 0.3 is 0 Å². The number of hydrogen-bond acceptors (Lipinski definition) is 4. The summed E-state index contributed by atoms with van der Waals surface area (Å²) < 4.78 is 31.5. The summed E-state index contributed by atoms with van der Waals surface area (Å²) in [5.74, 6) is 2.48. The first-order chi connectivity index (χ1) is 17.2. The summed E-state index contributed by atoms with van der Waals surface area (Å²) in [6.07, 6.45) is 2.41. The third-order valence-electron chi connectivity index (χ3n) is 5.44. The smallest absolute Gasteiger partial charge is 0.165 e. The molecule has 0 atom stereocenters. The fourth-order valence-corrected chi connectivity index (χ4v) is 3.68. The minimum atomic E-state index is -0.294. The van der Waals surface area contributed by atoms with E-state index in [4.69, 9.17) is 14.2 Å². The number of halogens is 1. The van der Waals surface area contributed by atoms with Crippen LogP contribution in [0.2, 0.25) is 0 Å². The van der Waals surface area contributed by atoms with E-state index < -0.39 is 0 Å². The van der Waals surface area contributed by atoms with Gasteiger partial charge < -0.3 is 19.5 Å². The second-order valence-electron chi connectivity index (χ2n) is 7.95. The molecule has 178 valence electrons. The Bertz CT molecular complexity index is 1260. The van der Waals surface area contributed by atoms with Gasteiger partial charge in [-0.25, -0.2) is 4.39 Å². The number of benzene rings is 4. The fourth-order valence-electron chi connectivity index (χ4n) is 3.68. The van der Waals surface area contributed by atoms with Crippen LogP contribution in [0, 0.1) is 5.82 Å². The highest BCUT2D eigenvalue weighted by Gasteiger charge is 2.14. The van der Waals surface area contributed by atoms with E-state index in [0.717, 1.165) is 28.3 Å². The molecular formula is C30H28FNO3. The van der Waals surface area contributed by atoms with Gasteiger partial charge in [0, 0.05) is 23.4 Å². The van der Waals surface area contributed by atoms with Crippen molar-refractivity contribution < 1.29 is 18.6 Å². The standard InChI is InChI=1S/C30H28FNO3/c1-3-9-23-18-22(19-29(33-2)30(23)34-21-24-10-7-8-13-28(24)31)20-32-25-14-16-27(17-15-25)35-26-11-5-4-6-12-26/h3-8,10-19,32H,1,9,20-21H2,2H3. The molecule has 0 unspecified atom stereocenters. The highest BCUT2D eigenvalue weighted by Crippen LogP contribution is 2.35. The number of methoxy groups -OCH3 is 1. The molecule has 4 rings (SSSR count). The molecule has 4 aromatic rings. The van der Waals surface area contributed by atoms with E-state index in [1.165, 1.54) is 6.07 Å². The maximum absolute atomic E-state index is 14.0. The normalized spacial score (nSPS) is 10.5. The van der Waals surface area contributed by atoms with E-state index in [9.17, 15) is 4.39 Å². The monoisotopic (exact) mass is 469 g/mol. The number of allylic oxidation sites excluding steroid dienone is 1. The average molecular weight is 470 g/mol. The Morgan fingerprint density at radius 1 is 0.857 bits per heavy atom. The third-order valence-corrected chi connectivity index (χ3v) is 5.44. The summed E-state index contributed by atoms with van der Waals surface area (Å²) >= 11 is 0. The lowest BCUT2D eigenvalue weighted by Gasteiger charge is -2.17. The molecule has 0 fully saturated rings. The zero-order valence-electron chi connectivity index (χ0n) is 19.7. The Morgan fingerprint density at radius 2 is 1.57 bits per heavy atom. The van der Waals surface area contributed by atoms with Crippen molar-refractivity contribution in [3.8, 4) is 23.0 Å². The van der Waals surface area contributed by atoms with Crippen molar-refractivity contribution in [3.05, 3.63) is 126 Å². The largest absolute Gasteiger partial charge is 0.493 e. The molecule has 35 heavy (non-hydrogen) atoms. The van der Waals surface area contributed by atoms with Crippen LogP contribution >= 0.6 is 0 Å². The van der Waals surface area contributed by atoms with Crippen molar-refractivity contribution in [2.75, 3.05) is 12.4 Å². The summed E-state index contributed by atoms with van der Waals surface area (Å²) in [5, 5.41) is 3.43.